The van der Waals surface area contributed by atoms with Crippen molar-refractivity contribution in [2.24, 2.45) is 0 Å². The van der Waals surface area contributed by atoms with Gasteiger partial charge in [-0.05, 0) is 19.3 Å². The topological polar surface area (TPSA) is 69.6 Å². The van der Waals surface area contributed by atoms with Crippen LogP contribution in [-0.4, -0.2) is 34.9 Å². The molecule has 71 heavy (non-hydrogen) atoms. The van der Waals surface area contributed by atoms with Crippen LogP contribution < -0.4 is 5.32 Å². The summed E-state index contributed by atoms with van der Waals surface area (Å²) in [5.41, 5.74) is 0. The zero-order valence-electron chi connectivity index (χ0n) is 49.0. The van der Waals surface area contributed by atoms with E-state index in [0.717, 1.165) is 25.7 Å². The first-order valence-electron chi connectivity index (χ1n) is 33.4. The average molecular weight is 1000 g/mol. The van der Waals surface area contributed by atoms with E-state index in [1.807, 2.05) is 6.08 Å². The summed E-state index contributed by atoms with van der Waals surface area (Å²) < 4.78 is 0. The maximum absolute atomic E-state index is 12.5. The van der Waals surface area contributed by atoms with Crippen molar-refractivity contribution in [1.82, 2.24) is 5.32 Å². The third-order valence-corrected chi connectivity index (χ3v) is 16.0. The number of unbranched alkanes of at least 4 members (excludes halogenated alkanes) is 56. The van der Waals surface area contributed by atoms with Crippen LogP contribution in [0.4, 0.5) is 0 Å². The molecule has 0 saturated heterocycles. The van der Waals surface area contributed by atoms with E-state index in [-0.39, 0.29) is 12.5 Å². The predicted octanol–water partition coefficient (Wildman–Crippen LogP) is 22.4. The quantitative estimate of drug-likeness (QED) is 0.0420. The minimum atomic E-state index is -0.837. The number of hydrogen-bond donors (Lipinski definition) is 3. The molecule has 0 saturated carbocycles. The molecule has 0 rings (SSSR count). The summed E-state index contributed by atoms with van der Waals surface area (Å²) in [6, 6.07) is -0.619. The second kappa shape index (κ2) is 63.4. The van der Waals surface area contributed by atoms with Crippen molar-refractivity contribution in [2.45, 2.75) is 405 Å². The van der Waals surface area contributed by atoms with Crippen LogP contribution in [0.3, 0.4) is 0 Å². The average Bonchev–Trinajstić information content (AvgIpc) is 3.37. The van der Waals surface area contributed by atoms with Crippen molar-refractivity contribution < 1.29 is 15.0 Å². The van der Waals surface area contributed by atoms with Gasteiger partial charge in [0, 0.05) is 6.42 Å². The van der Waals surface area contributed by atoms with Crippen LogP contribution >= 0.6 is 0 Å². The molecule has 0 radical (unpaired) electrons. The molecular weight excluding hydrogens is 867 g/mol. The molecule has 0 fully saturated rings. The number of rotatable bonds is 63. The van der Waals surface area contributed by atoms with Crippen molar-refractivity contribution in [3.8, 4) is 0 Å². The van der Waals surface area contributed by atoms with E-state index >= 15 is 0 Å². The zero-order chi connectivity index (χ0) is 51.3. The predicted molar refractivity (Wildman–Crippen MR) is 318 cm³/mol. The van der Waals surface area contributed by atoms with Crippen LogP contribution in [0.2, 0.25) is 0 Å². The molecule has 0 aliphatic rings. The number of hydrogen-bond acceptors (Lipinski definition) is 3. The van der Waals surface area contributed by atoms with Gasteiger partial charge in [-0.25, -0.2) is 0 Å². The molecule has 1 amide bonds. The maximum Gasteiger partial charge on any atom is 0.220 e. The van der Waals surface area contributed by atoms with Crippen LogP contribution in [0.5, 0.6) is 0 Å². The van der Waals surface area contributed by atoms with E-state index in [1.165, 1.54) is 347 Å². The summed E-state index contributed by atoms with van der Waals surface area (Å²) in [5, 5.41) is 23.3. The molecule has 0 aromatic heterocycles. The Hall–Kier alpha value is -0.870. The van der Waals surface area contributed by atoms with E-state index in [9.17, 15) is 15.0 Å². The lowest BCUT2D eigenvalue weighted by Crippen LogP contribution is -2.45. The second-order valence-corrected chi connectivity index (χ2v) is 23.3. The minimum Gasteiger partial charge on any atom is -0.394 e. The molecule has 2 unspecified atom stereocenters. The van der Waals surface area contributed by atoms with Gasteiger partial charge in [-0.15, -0.1) is 0 Å². The Kier molecular flexibility index (Phi) is 62.6. The third-order valence-electron chi connectivity index (χ3n) is 16.0. The van der Waals surface area contributed by atoms with E-state index in [1.54, 1.807) is 6.08 Å². The van der Waals surface area contributed by atoms with Crippen LogP contribution in [0, 0.1) is 0 Å². The summed E-state index contributed by atoms with van der Waals surface area (Å²) >= 11 is 0. The van der Waals surface area contributed by atoms with E-state index < -0.39 is 12.1 Å². The van der Waals surface area contributed by atoms with Gasteiger partial charge in [0.05, 0.1) is 18.8 Å². The van der Waals surface area contributed by atoms with Gasteiger partial charge < -0.3 is 15.5 Å². The highest BCUT2D eigenvalue weighted by atomic mass is 16.3. The summed E-state index contributed by atoms with van der Waals surface area (Å²) in [6.07, 6.45) is 84.3. The van der Waals surface area contributed by atoms with Crippen molar-refractivity contribution in [3.63, 3.8) is 0 Å². The molecule has 0 spiro atoms. The van der Waals surface area contributed by atoms with Gasteiger partial charge in [-0.2, -0.15) is 0 Å². The molecule has 4 nitrogen and oxygen atoms in total. The first kappa shape index (κ1) is 70.1. The van der Waals surface area contributed by atoms with Crippen LogP contribution in [-0.2, 0) is 4.79 Å². The largest absolute Gasteiger partial charge is 0.394 e. The van der Waals surface area contributed by atoms with Gasteiger partial charge in [0.1, 0.15) is 0 Å². The molecule has 3 N–H and O–H groups in total. The normalized spacial score (nSPS) is 12.7. The Bertz CT molecular complexity index is 998. The molecule has 2 atom stereocenters. The molecule has 0 bridgehead atoms. The SMILES string of the molecule is CCCCCCCCCCCCCCCCCCCCCCCCCCCCCCC/C=C/C(O)C(CO)NC(=O)CCCCCCCCCCCCCCCCCCCCCCCCCCCCCC. The first-order chi connectivity index (χ1) is 35.2. The number of aliphatic hydroxyl groups is 2. The Morgan fingerprint density at radius 3 is 0.732 bits per heavy atom. The van der Waals surface area contributed by atoms with Crippen molar-refractivity contribution >= 4 is 5.91 Å². The highest BCUT2D eigenvalue weighted by molar-refractivity contribution is 5.76. The van der Waals surface area contributed by atoms with E-state index in [2.05, 4.69) is 19.2 Å². The van der Waals surface area contributed by atoms with Gasteiger partial charge in [0.25, 0.3) is 0 Å². The molecular formula is C67H133NO3. The maximum atomic E-state index is 12.5. The van der Waals surface area contributed by atoms with E-state index in [0.29, 0.717) is 6.42 Å². The molecule has 0 aliphatic heterocycles. The van der Waals surface area contributed by atoms with Gasteiger partial charge >= 0.3 is 0 Å². The fourth-order valence-electron chi connectivity index (χ4n) is 11.0. The van der Waals surface area contributed by atoms with Crippen molar-refractivity contribution in [1.29, 1.82) is 0 Å². The molecule has 0 heterocycles. The zero-order valence-corrected chi connectivity index (χ0v) is 49.0. The van der Waals surface area contributed by atoms with Gasteiger partial charge in [-0.1, -0.05) is 379 Å². The summed E-state index contributed by atoms with van der Waals surface area (Å²) in [6.45, 7) is 4.37. The molecule has 424 valence electrons. The fourth-order valence-corrected chi connectivity index (χ4v) is 11.0. The molecule has 0 aliphatic carbocycles. The van der Waals surface area contributed by atoms with Crippen molar-refractivity contribution in [2.75, 3.05) is 6.61 Å². The van der Waals surface area contributed by atoms with E-state index in [4.69, 9.17) is 0 Å². The number of allylic oxidation sites excluding steroid dienone is 1. The van der Waals surface area contributed by atoms with Gasteiger partial charge in [0.2, 0.25) is 5.91 Å². The van der Waals surface area contributed by atoms with Crippen LogP contribution in [0.1, 0.15) is 393 Å². The Balaban J connectivity index is 3.40. The van der Waals surface area contributed by atoms with Gasteiger partial charge in [0.15, 0.2) is 0 Å². The number of nitrogens with one attached hydrogen (secondary N) is 1. The van der Waals surface area contributed by atoms with Crippen LogP contribution in [0.15, 0.2) is 12.2 Å². The summed E-state index contributed by atoms with van der Waals surface area (Å²) in [4.78, 5) is 12.5. The standard InChI is InChI=1S/C67H133NO3/c1-3-5-7-9-11-13-15-17-19-21-23-25-27-29-31-33-34-35-36-38-40-42-44-46-48-50-52-54-56-58-60-62-66(70)65(64-69)68-67(71)63-61-59-57-55-53-51-49-47-45-43-41-39-37-32-30-28-26-24-22-20-18-16-14-12-10-8-6-4-2/h60,62,65-66,69-70H,3-59,61,63-64H2,1-2H3,(H,68,71)/b62-60+. The van der Waals surface area contributed by atoms with Gasteiger partial charge in [-0.3, -0.25) is 4.79 Å². The Morgan fingerprint density at radius 1 is 0.324 bits per heavy atom. The number of carbonyl (C=O) groups excluding carboxylic acids is 1. The molecule has 0 aromatic rings. The molecule has 0 aromatic carbocycles. The fraction of sp³-hybridized carbons (Fsp3) is 0.955. The lowest BCUT2D eigenvalue weighted by molar-refractivity contribution is -0.123. The number of aliphatic hydroxyl groups excluding tert-OH is 2. The Morgan fingerprint density at radius 2 is 0.521 bits per heavy atom. The number of amides is 1. The first-order valence-corrected chi connectivity index (χ1v) is 33.4. The van der Waals surface area contributed by atoms with Crippen molar-refractivity contribution in [3.05, 3.63) is 12.2 Å². The molecule has 4 heteroatoms. The highest BCUT2D eigenvalue weighted by Crippen LogP contribution is 2.19. The lowest BCUT2D eigenvalue weighted by atomic mass is 10.0. The number of carbonyl (C=O) groups is 1. The third kappa shape index (κ3) is 59.9. The highest BCUT2D eigenvalue weighted by Gasteiger charge is 2.18. The van der Waals surface area contributed by atoms with Crippen LogP contribution in [0.25, 0.3) is 0 Å². The summed E-state index contributed by atoms with van der Waals surface area (Å²) in [5.74, 6) is -0.0535. The monoisotopic (exact) mass is 1000 g/mol. The lowest BCUT2D eigenvalue weighted by Gasteiger charge is -2.20. The Labute approximate surface area is 447 Å². The minimum absolute atomic E-state index is 0.0535. The smallest absolute Gasteiger partial charge is 0.220 e. The summed E-state index contributed by atoms with van der Waals surface area (Å²) in [7, 11) is 0. The second-order valence-electron chi connectivity index (χ2n) is 23.3.